The summed E-state index contributed by atoms with van der Waals surface area (Å²) in [6, 6.07) is 9.11. The second-order valence-corrected chi connectivity index (χ2v) is 7.33. The van der Waals surface area contributed by atoms with Crippen LogP contribution in [0, 0.1) is 5.41 Å². The third-order valence-electron chi connectivity index (χ3n) is 5.35. The molecule has 1 aliphatic rings. The fourth-order valence-electron chi connectivity index (χ4n) is 3.56. The van der Waals surface area contributed by atoms with Gasteiger partial charge in [-0.2, -0.15) is 0 Å². The Balaban J connectivity index is 1.90. The lowest BCUT2D eigenvalue weighted by Crippen LogP contribution is -2.29. The first-order chi connectivity index (χ1) is 10.1. The molecule has 0 bridgehead atoms. The fourth-order valence-corrected chi connectivity index (χ4v) is 3.98. The van der Waals surface area contributed by atoms with Crippen molar-refractivity contribution in [3.05, 3.63) is 34.3 Å². The molecule has 0 aromatic heterocycles. The van der Waals surface area contributed by atoms with Gasteiger partial charge in [0.05, 0.1) is 0 Å². The van der Waals surface area contributed by atoms with Crippen molar-refractivity contribution >= 4 is 15.9 Å². The zero-order valence-corrected chi connectivity index (χ0v) is 15.2. The van der Waals surface area contributed by atoms with Crippen molar-refractivity contribution in [3.63, 3.8) is 0 Å². The van der Waals surface area contributed by atoms with Gasteiger partial charge in [-0.05, 0) is 68.9 Å². The summed E-state index contributed by atoms with van der Waals surface area (Å²) in [6.45, 7) is 8.46. The Bertz CT molecular complexity index is 443. The second kappa shape index (κ2) is 7.75. The summed E-state index contributed by atoms with van der Waals surface area (Å²) in [7, 11) is 2.07. The molecule has 0 radical (unpaired) electrons. The highest BCUT2D eigenvalue weighted by atomic mass is 79.9. The van der Waals surface area contributed by atoms with Crippen LogP contribution >= 0.6 is 15.9 Å². The number of benzene rings is 1. The summed E-state index contributed by atoms with van der Waals surface area (Å²) in [5.41, 5.74) is 1.97. The van der Waals surface area contributed by atoms with E-state index >= 15 is 0 Å². The quantitative estimate of drug-likeness (QED) is 0.770. The Morgan fingerprint density at radius 2 is 2.10 bits per heavy atom. The largest absolute Gasteiger partial charge is 0.313 e. The Morgan fingerprint density at radius 1 is 1.33 bits per heavy atom. The minimum absolute atomic E-state index is 0.445. The lowest BCUT2D eigenvalue weighted by molar-refractivity contribution is 0.234. The maximum Gasteiger partial charge on any atom is 0.0330 e. The standard InChI is InChI=1S/C18H29BrN2/c1-4-18(5-2)10-12-21(14-18)11-9-17(20-3)15-7-6-8-16(19)13-15/h6-8,13,17,20H,4-5,9-12,14H2,1-3H3. The smallest absolute Gasteiger partial charge is 0.0330 e. The molecule has 1 saturated heterocycles. The number of likely N-dealkylation sites (tertiary alicyclic amines) is 1. The van der Waals surface area contributed by atoms with Crippen molar-refractivity contribution in [3.8, 4) is 0 Å². The van der Waals surface area contributed by atoms with Crippen LogP contribution < -0.4 is 5.32 Å². The van der Waals surface area contributed by atoms with Crippen LogP contribution in [0.15, 0.2) is 28.7 Å². The predicted octanol–water partition coefficient (Wildman–Crippen LogP) is 4.61. The van der Waals surface area contributed by atoms with Crippen molar-refractivity contribution in [1.29, 1.82) is 0 Å². The van der Waals surface area contributed by atoms with E-state index in [9.17, 15) is 0 Å². The summed E-state index contributed by atoms with van der Waals surface area (Å²) in [5.74, 6) is 0. The third kappa shape index (κ3) is 4.30. The molecule has 118 valence electrons. The van der Waals surface area contributed by atoms with E-state index in [1.807, 2.05) is 0 Å². The van der Waals surface area contributed by atoms with E-state index in [4.69, 9.17) is 0 Å². The van der Waals surface area contributed by atoms with Crippen LogP contribution in [0.2, 0.25) is 0 Å². The molecule has 1 heterocycles. The fraction of sp³-hybridized carbons (Fsp3) is 0.667. The summed E-state index contributed by atoms with van der Waals surface area (Å²) >= 11 is 3.57. The van der Waals surface area contributed by atoms with Crippen LogP contribution in [0.25, 0.3) is 0 Å². The summed E-state index contributed by atoms with van der Waals surface area (Å²) in [6.07, 6.45) is 5.19. The van der Waals surface area contributed by atoms with Crippen LogP contribution in [-0.2, 0) is 0 Å². The SMILES string of the molecule is CCC1(CC)CCN(CCC(NC)c2cccc(Br)c2)C1. The molecule has 1 aliphatic heterocycles. The third-order valence-corrected chi connectivity index (χ3v) is 5.84. The number of hydrogen-bond donors (Lipinski definition) is 1. The number of rotatable bonds is 7. The summed E-state index contributed by atoms with van der Waals surface area (Å²) < 4.78 is 1.16. The topological polar surface area (TPSA) is 15.3 Å². The number of nitrogens with zero attached hydrogens (tertiary/aromatic N) is 1. The molecule has 2 rings (SSSR count). The molecule has 1 aromatic carbocycles. The molecule has 0 aliphatic carbocycles. The van der Waals surface area contributed by atoms with Gasteiger partial charge < -0.3 is 10.2 Å². The van der Waals surface area contributed by atoms with E-state index in [1.165, 1.54) is 50.9 Å². The van der Waals surface area contributed by atoms with Crippen molar-refractivity contribution in [2.75, 3.05) is 26.7 Å². The predicted molar refractivity (Wildman–Crippen MR) is 94.6 cm³/mol. The molecule has 21 heavy (non-hydrogen) atoms. The average molecular weight is 353 g/mol. The molecule has 1 atom stereocenters. The van der Waals surface area contributed by atoms with Crippen LogP contribution in [-0.4, -0.2) is 31.6 Å². The Hall–Kier alpha value is -0.380. The highest BCUT2D eigenvalue weighted by Gasteiger charge is 2.34. The molecule has 1 fully saturated rings. The van der Waals surface area contributed by atoms with E-state index < -0.39 is 0 Å². The molecule has 0 spiro atoms. The lowest BCUT2D eigenvalue weighted by atomic mass is 9.82. The molecular formula is C18H29BrN2. The van der Waals surface area contributed by atoms with Gasteiger partial charge in [0.25, 0.3) is 0 Å². The number of hydrogen-bond acceptors (Lipinski definition) is 2. The Labute approximate surface area is 138 Å². The van der Waals surface area contributed by atoms with Crippen LogP contribution in [0.5, 0.6) is 0 Å². The Kier molecular flexibility index (Phi) is 6.27. The first-order valence-electron chi connectivity index (χ1n) is 8.27. The molecule has 1 N–H and O–H groups in total. The summed E-state index contributed by atoms with van der Waals surface area (Å²) in [5, 5.41) is 3.47. The van der Waals surface area contributed by atoms with Crippen LogP contribution in [0.4, 0.5) is 0 Å². The van der Waals surface area contributed by atoms with Gasteiger partial charge in [-0.25, -0.2) is 0 Å². The minimum atomic E-state index is 0.445. The van der Waals surface area contributed by atoms with Gasteiger partial charge in [0.2, 0.25) is 0 Å². The number of nitrogens with one attached hydrogen (secondary N) is 1. The average Bonchev–Trinajstić information content (AvgIpc) is 2.92. The van der Waals surface area contributed by atoms with E-state index in [2.05, 4.69) is 71.3 Å². The zero-order chi connectivity index (χ0) is 15.3. The monoisotopic (exact) mass is 352 g/mol. The van der Waals surface area contributed by atoms with E-state index in [-0.39, 0.29) is 0 Å². The van der Waals surface area contributed by atoms with Crippen LogP contribution in [0.1, 0.15) is 51.1 Å². The summed E-state index contributed by atoms with van der Waals surface area (Å²) in [4.78, 5) is 2.66. The van der Waals surface area contributed by atoms with E-state index in [1.54, 1.807) is 0 Å². The molecule has 3 heteroatoms. The van der Waals surface area contributed by atoms with Gasteiger partial charge in [-0.1, -0.05) is 41.9 Å². The molecule has 1 unspecified atom stereocenters. The first kappa shape index (κ1) is 17.0. The molecule has 0 saturated carbocycles. The molecular weight excluding hydrogens is 324 g/mol. The van der Waals surface area contributed by atoms with Crippen molar-refractivity contribution in [1.82, 2.24) is 10.2 Å². The lowest BCUT2D eigenvalue weighted by Gasteiger charge is -2.27. The second-order valence-electron chi connectivity index (χ2n) is 6.42. The molecule has 0 amide bonds. The maximum atomic E-state index is 3.57. The molecule has 1 aromatic rings. The minimum Gasteiger partial charge on any atom is -0.313 e. The highest BCUT2D eigenvalue weighted by molar-refractivity contribution is 9.10. The van der Waals surface area contributed by atoms with E-state index in [0.29, 0.717) is 11.5 Å². The molecule has 2 nitrogen and oxygen atoms in total. The Morgan fingerprint density at radius 3 is 2.67 bits per heavy atom. The number of halogens is 1. The highest BCUT2D eigenvalue weighted by Crippen LogP contribution is 2.37. The van der Waals surface area contributed by atoms with Gasteiger partial charge >= 0.3 is 0 Å². The van der Waals surface area contributed by atoms with Gasteiger partial charge in [0.1, 0.15) is 0 Å². The van der Waals surface area contributed by atoms with E-state index in [0.717, 1.165) is 4.47 Å². The van der Waals surface area contributed by atoms with Crippen LogP contribution in [0.3, 0.4) is 0 Å². The van der Waals surface area contributed by atoms with Gasteiger partial charge in [-0.15, -0.1) is 0 Å². The van der Waals surface area contributed by atoms with Crippen molar-refractivity contribution < 1.29 is 0 Å². The zero-order valence-electron chi connectivity index (χ0n) is 13.7. The van der Waals surface area contributed by atoms with Gasteiger partial charge in [0, 0.05) is 17.1 Å². The first-order valence-corrected chi connectivity index (χ1v) is 9.07. The van der Waals surface area contributed by atoms with Crippen molar-refractivity contribution in [2.45, 2.75) is 45.6 Å². The normalized spacial score (nSPS) is 19.8. The van der Waals surface area contributed by atoms with Gasteiger partial charge in [-0.3, -0.25) is 0 Å². The van der Waals surface area contributed by atoms with Crippen molar-refractivity contribution in [2.24, 2.45) is 5.41 Å². The van der Waals surface area contributed by atoms with Gasteiger partial charge in [0.15, 0.2) is 0 Å². The maximum absolute atomic E-state index is 3.57.